The number of hydrogen-bond donors (Lipinski definition) is 1. The van der Waals surface area contributed by atoms with Gasteiger partial charge in [0.25, 0.3) is 11.8 Å². The topological polar surface area (TPSA) is 64.9 Å². The second kappa shape index (κ2) is 3.48. The van der Waals surface area contributed by atoms with Gasteiger partial charge in [0, 0.05) is 0 Å². The molecule has 1 heterocycles. The van der Waals surface area contributed by atoms with E-state index in [0.717, 1.165) is 0 Å². The second-order valence-corrected chi connectivity index (χ2v) is 3.37. The van der Waals surface area contributed by atoms with Crippen LogP contribution in [-0.2, 0) is 0 Å². The van der Waals surface area contributed by atoms with Crippen molar-refractivity contribution in [3.05, 3.63) is 28.2 Å². The summed E-state index contributed by atoms with van der Waals surface area (Å²) in [6.45, 7) is 0. The Hall–Kier alpha value is -1.26. The summed E-state index contributed by atoms with van der Waals surface area (Å²) in [4.78, 5) is 3.83. The van der Waals surface area contributed by atoms with Gasteiger partial charge in [-0.15, -0.1) is 0 Å². The van der Waals surface area contributed by atoms with Crippen LogP contribution in [-0.4, -0.2) is 10.1 Å². The van der Waals surface area contributed by atoms with Crippen LogP contribution in [0.15, 0.2) is 22.7 Å². The molecule has 0 fully saturated rings. The standard InChI is InChI=1S/C8H5Cl2N3O/c9-4-2-1-3-5(10)6(4)7-12-8(11)13-14-7/h1-3H,(H2,11,13). The summed E-state index contributed by atoms with van der Waals surface area (Å²) in [5, 5.41) is 4.34. The Morgan fingerprint density at radius 2 is 1.86 bits per heavy atom. The Morgan fingerprint density at radius 1 is 1.21 bits per heavy atom. The van der Waals surface area contributed by atoms with Crippen molar-refractivity contribution < 1.29 is 4.52 Å². The van der Waals surface area contributed by atoms with Gasteiger partial charge in [-0.2, -0.15) is 4.98 Å². The van der Waals surface area contributed by atoms with E-state index >= 15 is 0 Å². The van der Waals surface area contributed by atoms with Crippen LogP contribution in [0.4, 0.5) is 5.95 Å². The van der Waals surface area contributed by atoms with Gasteiger partial charge < -0.3 is 10.3 Å². The lowest BCUT2D eigenvalue weighted by molar-refractivity contribution is 0.433. The van der Waals surface area contributed by atoms with Crippen LogP contribution in [0.3, 0.4) is 0 Å². The zero-order valence-corrected chi connectivity index (χ0v) is 8.38. The summed E-state index contributed by atoms with van der Waals surface area (Å²) in [5.74, 6) is 0.272. The van der Waals surface area contributed by atoms with E-state index in [-0.39, 0.29) is 11.8 Å². The van der Waals surface area contributed by atoms with Crippen molar-refractivity contribution in [1.82, 2.24) is 10.1 Å². The molecule has 0 aliphatic heterocycles. The number of aromatic nitrogens is 2. The summed E-state index contributed by atoms with van der Waals surface area (Å²) < 4.78 is 4.86. The van der Waals surface area contributed by atoms with Crippen LogP contribution < -0.4 is 5.73 Å². The fraction of sp³-hybridized carbons (Fsp3) is 0. The van der Waals surface area contributed by atoms with Gasteiger partial charge in [-0.3, -0.25) is 0 Å². The van der Waals surface area contributed by atoms with E-state index in [2.05, 4.69) is 10.1 Å². The lowest BCUT2D eigenvalue weighted by atomic mass is 10.2. The van der Waals surface area contributed by atoms with E-state index in [9.17, 15) is 0 Å². The lowest BCUT2D eigenvalue weighted by Gasteiger charge is -1.99. The quantitative estimate of drug-likeness (QED) is 0.817. The maximum absolute atomic E-state index is 5.92. The molecule has 2 rings (SSSR count). The highest BCUT2D eigenvalue weighted by molar-refractivity contribution is 6.38. The highest BCUT2D eigenvalue weighted by Gasteiger charge is 2.14. The number of nitrogens with zero attached hydrogens (tertiary/aromatic N) is 2. The normalized spacial score (nSPS) is 10.4. The lowest BCUT2D eigenvalue weighted by Crippen LogP contribution is -1.86. The van der Waals surface area contributed by atoms with E-state index in [1.165, 1.54) is 0 Å². The second-order valence-electron chi connectivity index (χ2n) is 2.55. The minimum absolute atomic E-state index is 0.0518. The van der Waals surface area contributed by atoms with E-state index in [0.29, 0.717) is 15.6 Å². The fourth-order valence-corrected chi connectivity index (χ4v) is 1.60. The van der Waals surface area contributed by atoms with Gasteiger partial charge in [0.05, 0.1) is 15.6 Å². The van der Waals surface area contributed by atoms with Gasteiger partial charge in [-0.1, -0.05) is 29.3 Å². The molecular weight excluding hydrogens is 225 g/mol. The molecule has 6 heteroatoms. The summed E-state index contributed by atoms with van der Waals surface area (Å²) >= 11 is 11.8. The fourth-order valence-electron chi connectivity index (χ4n) is 1.04. The first-order valence-corrected chi connectivity index (χ1v) is 4.47. The third-order valence-corrected chi connectivity index (χ3v) is 2.25. The molecule has 14 heavy (non-hydrogen) atoms. The zero-order chi connectivity index (χ0) is 10.1. The van der Waals surface area contributed by atoms with Crippen molar-refractivity contribution in [2.45, 2.75) is 0 Å². The van der Waals surface area contributed by atoms with E-state index in [1.54, 1.807) is 18.2 Å². The highest BCUT2D eigenvalue weighted by Crippen LogP contribution is 2.33. The predicted molar refractivity (Wildman–Crippen MR) is 54.2 cm³/mol. The molecule has 0 spiro atoms. The molecule has 0 amide bonds. The molecule has 1 aromatic heterocycles. The summed E-state index contributed by atoms with van der Waals surface area (Å²) in [7, 11) is 0. The summed E-state index contributed by atoms with van der Waals surface area (Å²) in [5.41, 5.74) is 5.81. The molecule has 0 unspecified atom stereocenters. The van der Waals surface area contributed by atoms with Gasteiger partial charge in [0.15, 0.2) is 0 Å². The smallest absolute Gasteiger partial charge is 0.262 e. The maximum Gasteiger partial charge on any atom is 0.262 e. The number of benzene rings is 1. The van der Waals surface area contributed by atoms with Crippen LogP contribution in [0.5, 0.6) is 0 Å². The Labute approximate surface area is 89.6 Å². The number of hydrogen-bond acceptors (Lipinski definition) is 4. The molecule has 0 saturated carbocycles. The van der Waals surface area contributed by atoms with Crippen molar-refractivity contribution in [3.63, 3.8) is 0 Å². The van der Waals surface area contributed by atoms with Crippen LogP contribution in [0.1, 0.15) is 0 Å². The van der Waals surface area contributed by atoms with E-state index in [1.807, 2.05) is 0 Å². The Balaban J connectivity index is 2.61. The monoisotopic (exact) mass is 229 g/mol. The first kappa shape index (κ1) is 9.30. The molecule has 0 bridgehead atoms. The summed E-state index contributed by atoms with van der Waals surface area (Å²) in [6, 6.07) is 5.10. The van der Waals surface area contributed by atoms with Gasteiger partial charge in [0.2, 0.25) is 0 Å². The maximum atomic E-state index is 5.92. The van der Waals surface area contributed by atoms with E-state index < -0.39 is 0 Å². The molecule has 1 aromatic carbocycles. The van der Waals surface area contributed by atoms with E-state index in [4.69, 9.17) is 33.5 Å². The van der Waals surface area contributed by atoms with Gasteiger partial charge >= 0.3 is 0 Å². The average molecular weight is 230 g/mol. The molecule has 0 atom stereocenters. The number of halogens is 2. The molecule has 0 aliphatic rings. The Kier molecular flexibility index (Phi) is 2.31. The molecule has 2 aromatic rings. The number of nitrogens with two attached hydrogens (primary N) is 1. The minimum Gasteiger partial charge on any atom is -0.365 e. The molecular formula is C8H5Cl2N3O. The van der Waals surface area contributed by atoms with Gasteiger partial charge in [-0.25, -0.2) is 0 Å². The zero-order valence-electron chi connectivity index (χ0n) is 6.87. The number of anilines is 1. The molecule has 2 N–H and O–H groups in total. The highest BCUT2D eigenvalue weighted by atomic mass is 35.5. The van der Waals surface area contributed by atoms with Crippen molar-refractivity contribution in [3.8, 4) is 11.5 Å². The van der Waals surface area contributed by atoms with Crippen molar-refractivity contribution >= 4 is 29.2 Å². The predicted octanol–water partition coefficient (Wildman–Crippen LogP) is 2.63. The molecule has 0 saturated heterocycles. The Morgan fingerprint density at radius 3 is 2.36 bits per heavy atom. The first-order chi connectivity index (χ1) is 6.68. The molecule has 0 aliphatic carbocycles. The minimum atomic E-state index is 0.0518. The first-order valence-electron chi connectivity index (χ1n) is 3.72. The molecule has 4 nitrogen and oxygen atoms in total. The Bertz CT molecular complexity index is 449. The van der Waals surface area contributed by atoms with Crippen LogP contribution >= 0.6 is 23.2 Å². The third-order valence-electron chi connectivity index (χ3n) is 1.62. The van der Waals surface area contributed by atoms with Crippen LogP contribution in [0, 0.1) is 0 Å². The van der Waals surface area contributed by atoms with Gasteiger partial charge in [-0.05, 0) is 17.3 Å². The van der Waals surface area contributed by atoms with Crippen LogP contribution in [0.25, 0.3) is 11.5 Å². The van der Waals surface area contributed by atoms with Crippen LogP contribution in [0.2, 0.25) is 10.0 Å². The summed E-state index contributed by atoms with van der Waals surface area (Å²) in [6.07, 6.45) is 0. The van der Waals surface area contributed by atoms with Crippen molar-refractivity contribution in [1.29, 1.82) is 0 Å². The number of nitrogen functional groups attached to an aromatic ring is 1. The SMILES string of the molecule is Nc1noc(-c2c(Cl)cccc2Cl)n1. The third kappa shape index (κ3) is 1.54. The van der Waals surface area contributed by atoms with Gasteiger partial charge in [0.1, 0.15) is 0 Å². The van der Waals surface area contributed by atoms with Crippen molar-refractivity contribution in [2.24, 2.45) is 0 Å². The molecule has 72 valence electrons. The molecule has 0 radical (unpaired) electrons. The van der Waals surface area contributed by atoms with Crippen molar-refractivity contribution in [2.75, 3.05) is 5.73 Å². The number of rotatable bonds is 1. The largest absolute Gasteiger partial charge is 0.365 e. The average Bonchev–Trinajstić information content (AvgIpc) is 2.51.